The fraction of sp³-hybridized carbons (Fsp3) is 0.182. The van der Waals surface area contributed by atoms with Crippen LogP contribution in [-0.2, 0) is 9.53 Å². The van der Waals surface area contributed by atoms with Crippen LogP contribution in [0.1, 0.15) is 11.8 Å². The highest BCUT2D eigenvalue weighted by Crippen LogP contribution is 2.22. The maximum absolute atomic E-state index is 10.9. The molecule has 0 amide bonds. The van der Waals surface area contributed by atoms with Gasteiger partial charge in [0, 0.05) is 11.0 Å². The van der Waals surface area contributed by atoms with E-state index in [1.165, 1.54) is 17.4 Å². The summed E-state index contributed by atoms with van der Waals surface area (Å²) in [6, 6.07) is 3.75. The molecule has 4 heteroatoms. The number of carbonyl (C=O) groups excluding carboxylic acids is 1. The second-order valence-corrected chi connectivity index (χ2v) is 4.36. The van der Waals surface area contributed by atoms with Crippen molar-refractivity contribution in [1.82, 2.24) is 0 Å². The Labute approximate surface area is 97.8 Å². The Hall–Kier alpha value is -1.06. The Morgan fingerprint density at radius 3 is 2.93 bits per heavy atom. The van der Waals surface area contributed by atoms with E-state index in [1.54, 1.807) is 19.1 Å². The third kappa shape index (κ3) is 4.81. The van der Waals surface area contributed by atoms with Crippen molar-refractivity contribution in [3.63, 3.8) is 0 Å². The number of halogens is 1. The van der Waals surface area contributed by atoms with E-state index in [0.717, 1.165) is 9.21 Å². The van der Waals surface area contributed by atoms with Crippen LogP contribution in [0.5, 0.6) is 0 Å². The van der Waals surface area contributed by atoms with Gasteiger partial charge >= 0.3 is 5.97 Å². The Kier molecular flexibility index (Phi) is 5.15. The van der Waals surface area contributed by atoms with Gasteiger partial charge in [-0.1, -0.05) is 23.8 Å². The largest absolute Gasteiger partial charge is 0.463 e. The highest BCUT2D eigenvalue weighted by Gasteiger charge is 1.92. The second-order valence-electron chi connectivity index (χ2n) is 2.61. The molecule has 80 valence electrons. The summed E-state index contributed by atoms with van der Waals surface area (Å²) >= 11 is 7.24. The zero-order valence-corrected chi connectivity index (χ0v) is 9.85. The number of thiophene rings is 1. The molecule has 0 aromatic carbocycles. The van der Waals surface area contributed by atoms with Gasteiger partial charge < -0.3 is 4.74 Å². The summed E-state index contributed by atoms with van der Waals surface area (Å²) in [7, 11) is 0. The minimum Gasteiger partial charge on any atom is -0.463 e. The van der Waals surface area contributed by atoms with Crippen molar-refractivity contribution < 1.29 is 9.53 Å². The van der Waals surface area contributed by atoms with E-state index in [9.17, 15) is 4.79 Å². The zero-order chi connectivity index (χ0) is 11.1. The lowest BCUT2D eigenvalue weighted by Gasteiger charge is -1.92. The van der Waals surface area contributed by atoms with Crippen LogP contribution in [0, 0.1) is 0 Å². The topological polar surface area (TPSA) is 26.3 Å². The van der Waals surface area contributed by atoms with Crippen LogP contribution in [0.4, 0.5) is 0 Å². The maximum Gasteiger partial charge on any atom is 0.330 e. The maximum atomic E-state index is 10.9. The normalized spacial score (nSPS) is 11.3. The summed E-state index contributed by atoms with van der Waals surface area (Å²) in [5.74, 6) is -0.327. The van der Waals surface area contributed by atoms with Crippen LogP contribution in [0.2, 0.25) is 4.34 Å². The predicted octanol–water partition coefficient (Wildman–Crippen LogP) is 3.53. The summed E-state index contributed by atoms with van der Waals surface area (Å²) in [6.45, 7) is 2.17. The van der Waals surface area contributed by atoms with Gasteiger partial charge in [0.05, 0.1) is 10.9 Å². The predicted molar refractivity (Wildman–Crippen MR) is 64.1 cm³/mol. The van der Waals surface area contributed by atoms with E-state index >= 15 is 0 Å². The van der Waals surface area contributed by atoms with Crippen molar-refractivity contribution >= 4 is 35.0 Å². The van der Waals surface area contributed by atoms with Gasteiger partial charge in [0.2, 0.25) is 0 Å². The molecule has 0 bridgehead atoms. The Morgan fingerprint density at radius 1 is 1.53 bits per heavy atom. The summed E-state index contributed by atoms with van der Waals surface area (Å²) in [4.78, 5) is 11.9. The van der Waals surface area contributed by atoms with E-state index in [4.69, 9.17) is 16.3 Å². The average Bonchev–Trinajstić information content (AvgIpc) is 2.60. The van der Waals surface area contributed by atoms with Crippen molar-refractivity contribution in [2.45, 2.75) is 6.92 Å². The standard InChI is InChI=1S/C11H11ClO2S/c1-2-14-11(13)6-4-3-5-9-7-8-10(12)15-9/h3-8H,2H2,1H3/b5-3+,6-4+. The highest BCUT2D eigenvalue weighted by atomic mass is 35.5. The van der Waals surface area contributed by atoms with Crippen LogP contribution < -0.4 is 0 Å². The molecule has 0 radical (unpaired) electrons. The van der Waals surface area contributed by atoms with Gasteiger partial charge in [0.1, 0.15) is 0 Å². The number of hydrogen-bond donors (Lipinski definition) is 0. The molecule has 0 aliphatic rings. The summed E-state index contributed by atoms with van der Waals surface area (Å²) in [5.41, 5.74) is 0. The van der Waals surface area contributed by atoms with Crippen molar-refractivity contribution in [1.29, 1.82) is 0 Å². The molecule has 0 N–H and O–H groups in total. The zero-order valence-electron chi connectivity index (χ0n) is 8.27. The van der Waals surface area contributed by atoms with Gasteiger partial charge in [-0.15, -0.1) is 11.3 Å². The summed E-state index contributed by atoms with van der Waals surface area (Å²) in [5, 5.41) is 0. The number of hydrogen-bond acceptors (Lipinski definition) is 3. The molecule has 0 saturated carbocycles. The van der Waals surface area contributed by atoms with Gasteiger partial charge in [0.15, 0.2) is 0 Å². The fourth-order valence-corrected chi connectivity index (χ4v) is 1.87. The molecule has 1 heterocycles. The second kappa shape index (κ2) is 6.43. The molecule has 0 spiro atoms. The SMILES string of the molecule is CCOC(=O)/C=C/C=C/c1ccc(Cl)s1. The lowest BCUT2D eigenvalue weighted by atomic mass is 10.4. The van der Waals surface area contributed by atoms with Crippen molar-refractivity contribution in [2.24, 2.45) is 0 Å². The average molecular weight is 243 g/mol. The molecule has 15 heavy (non-hydrogen) atoms. The Morgan fingerprint density at radius 2 is 2.33 bits per heavy atom. The van der Waals surface area contributed by atoms with E-state index in [-0.39, 0.29) is 5.97 Å². The first-order valence-corrected chi connectivity index (χ1v) is 5.68. The van der Waals surface area contributed by atoms with Gasteiger partial charge in [-0.3, -0.25) is 0 Å². The first-order valence-electron chi connectivity index (χ1n) is 4.49. The fourth-order valence-electron chi connectivity index (χ4n) is 0.893. The number of carbonyl (C=O) groups is 1. The number of allylic oxidation sites excluding steroid dienone is 2. The van der Waals surface area contributed by atoms with Crippen LogP contribution in [0.3, 0.4) is 0 Å². The molecule has 1 aromatic heterocycles. The monoisotopic (exact) mass is 242 g/mol. The molecular weight excluding hydrogens is 232 g/mol. The van der Waals surface area contributed by atoms with Crippen molar-refractivity contribution in [2.75, 3.05) is 6.61 Å². The lowest BCUT2D eigenvalue weighted by Crippen LogP contribution is -1.98. The number of rotatable bonds is 4. The molecule has 0 atom stereocenters. The first-order chi connectivity index (χ1) is 7.22. The summed E-state index contributed by atoms with van der Waals surface area (Å²) in [6.07, 6.45) is 6.69. The van der Waals surface area contributed by atoms with E-state index in [1.807, 2.05) is 18.2 Å². The first kappa shape index (κ1) is 12.0. The van der Waals surface area contributed by atoms with Crippen LogP contribution in [0.25, 0.3) is 6.08 Å². The number of esters is 1. The molecule has 0 aliphatic heterocycles. The third-order valence-corrected chi connectivity index (χ3v) is 2.68. The summed E-state index contributed by atoms with van der Waals surface area (Å²) < 4.78 is 5.47. The van der Waals surface area contributed by atoms with Gasteiger partial charge in [-0.05, 0) is 25.1 Å². The highest BCUT2D eigenvalue weighted by molar-refractivity contribution is 7.16. The number of ether oxygens (including phenoxy) is 1. The van der Waals surface area contributed by atoms with Gasteiger partial charge in [-0.25, -0.2) is 4.79 Å². The van der Waals surface area contributed by atoms with Gasteiger partial charge in [0.25, 0.3) is 0 Å². The lowest BCUT2D eigenvalue weighted by molar-refractivity contribution is -0.137. The Bertz CT molecular complexity index is 380. The molecule has 0 aliphatic carbocycles. The molecular formula is C11H11ClO2S. The molecule has 0 saturated heterocycles. The molecule has 0 fully saturated rings. The quantitative estimate of drug-likeness (QED) is 0.459. The molecule has 1 aromatic rings. The molecule has 2 nitrogen and oxygen atoms in total. The van der Waals surface area contributed by atoms with E-state index < -0.39 is 0 Å². The third-order valence-electron chi connectivity index (χ3n) is 1.48. The van der Waals surface area contributed by atoms with E-state index in [2.05, 4.69) is 0 Å². The van der Waals surface area contributed by atoms with Crippen LogP contribution >= 0.6 is 22.9 Å². The van der Waals surface area contributed by atoms with E-state index in [0.29, 0.717) is 6.61 Å². The van der Waals surface area contributed by atoms with Crippen LogP contribution in [0.15, 0.2) is 30.4 Å². The molecule has 1 rings (SSSR count). The van der Waals surface area contributed by atoms with Gasteiger partial charge in [-0.2, -0.15) is 0 Å². The van der Waals surface area contributed by atoms with Crippen molar-refractivity contribution in [3.8, 4) is 0 Å². The smallest absolute Gasteiger partial charge is 0.330 e. The Balaban J connectivity index is 2.42. The minimum atomic E-state index is -0.327. The van der Waals surface area contributed by atoms with Crippen LogP contribution in [-0.4, -0.2) is 12.6 Å². The molecule has 0 unspecified atom stereocenters. The minimum absolute atomic E-state index is 0.327. The van der Waals surface area contributed by atoms with Crippen molar-refractivity contribution in [3.05, 3.63) is 39.6 Å².